The standard InChI is InChI=1S/C11H15N3O3/c1-7-9(3-4-15)11(16)14-10(12-7)5-8(13-14)6-17-2/h5,13,15H,3-4,6H2,1-2H3. The Bertz CT molecular complexity index is 585. The molecule has 0 unspecified atom stereocenters. The van der Waals surface area contributed by atoms with Crippen LogP contribution in [0.3, 0.4) is 0 Å². The van der Waals surface area contributed by atoms with Gasteiger partial charge in [0.25, 0.3) is 5.56 Å². The molecule has 0 saturated carbocycles. The molecule has 0 saturated heterocycles. The minimum absolute atomic E-state index is 0.0601. The van der Waals surface area contributed by atoms with Gasteiger partial charge in [0.05, 0.1) is 12.3 Å². The predicted octanol–water partition coefficient (Wildman–Crippen LogP) is 0.0122. The number of aromatic nitrogens is 3. The normalized spacial score (nSPS) is 11.2. The first-order valence-electron chi connectivity index (χ1n) is 5.37. The zero-order valence-electron chi connectivity index (χ0n) is 9.86. The van der Waals surface area contributed by atoms with Gasteiger partial charge in [-0.1, -0.05) is 0 Å². The number of methoxy groups -OCH3 is 1. The average molecular weight is 237 g/mol. The van der Waals surface area contributed by atoms with Gasteiger partial charge >= 0.3 is 0 Å². The highest BCUT2D eigenvalue weighted by Gasteiger charge is 2.11. The van der Waals surface area contributed by atoms with E-state index in [2.05, 4.69) is 10.1 Å². The second-order valence-corrected chi connectivity index (χ2v) is 3.86. The van der Waals surface area contributed by atoms with Gasteiger partial charge in [-0.3, -0.25) is 9.89 Å². The maximum atomic E-state index is 12.1. The summed E-state index contributed by atoms with van der Waals surface area (Å²) in [4.78, 5) is 16.4. The lowest BCUT2D eigenvalue weighted by Crippen LogP contribution is -2.22. The van der Waals surface area contributed by atoms with E-state index in [1.165, 1.54) is 4.52 Å². The molecule has 0 bridgehead atoms. The number of H-pyrrole nitrogens is 1. The molecule has 0 aliphatic carbocycles. The van der Waals surface area contributed by atoms with E-state index < -0.39 is 0 Å². The molecule has 6 nitrogen and oxygen atoms in total. The number of ether oxygens (including phenoxy) is 1. The minimum atomic E-state index is -0.163. The van der Waals surface area contributed by atoms with E-state index in [9.17, 15) is 4.79 Å². The van der Waals surface area contributed by atoms with Gasteiger partial charge in [0.15, 0.2) is 5.65 Å². The molecule has 6 heteroatoms. The van der Waals surface area contributed by atoms with Crippen LogP contribution in [0.15, 0.2) is 10.9 Å². The van der Waals surface area contributed by atoms with Gasteiger partial charge in [-0.15, -0.1) is 0 Å². The number of aryl methyl sites for hydroxylation is 1. The second-order valence-electron chi connectivity index (χ2n) is 3.86. The van der Waals surface area contributed by atoms with Crippen molar-refractivity contribution in [3.05, 3.63) is 33.4 Å². The van der Waals surface area contributed by atoms with E-state index in [0.29, 0.717) is 29.9 Å². The quantitative estimate of drug-likeness (QED) is 0.785. The summed E-state index contributed by atoms with van der Waals surface area (Å²) in [6.45, 7) is 2.11. The summed E-state index contributed by atoms with van der Waals surface area (Å²) in [6.07, 6.45) is 0.319. The van der Waals surface area contributed by atoms with E-state index in [4.69, 9.17) is 9.84 Å². The summed E-state index contributed by atoms with van der Waals surface area (Å²) in [5.41, 5.74) is 2.39. The minimum Gasteiger partial charge on any atom is -0.396 e. The van der Waals surface area contributed by atoms with Gasteiger partial charge in [-0.05, 0) is 6.92 Å². The van der Waals surface area contributed by atoms with Crippen LogP contribution in [0.1, 0.15) is 17.0 Å². The van der Waals surface area contributed by atoms with Crippen LogP contribution in [-0.2, 0) is 17.8 Å². The lowest BCUT2D eigenvalue weighted by molar-refractivity contribution is 0.181. The van der Waals surface area contributed by atoms with Gasteiger partial charge in [-0.2, -0.15) is 0 Å². The van der Waals surface area contributed by atoms with E-state index in [1.54, 1.807) is 20.1 Å². The first-order chi connectivity index (χ1) is 8.17. The van der Waals surface area contributed by atoms with Crippen molar-refractivity contribution in [2.75, 3.05) is 13.7 Å². The van der Waals surface area contributed by atoms with Crippen molar-refractivity contribution in [3.63, 3.8) is 0 Å². The van der Waals surface area contributed by atoms with Gasteiger partial charge in [-0.25, -0.2) is 9.50 Å². The van der Waals surface area contributed by atoms with Crippen molar-refractivity contribution < 1.29 is 9.84 Å². The molecule has 0 aromatic carbocycles. The van der Waals surface area contributed by atoms with Gasteiger partial charge in [0.1, 0.15) is 0 Å². The number of nitrogens with one attached hydrogen (secondary N) is 1. The molecule has 92 valence electrons. The van der Waals surface area contributed by atoms with Crippen molar-refractivity contribution in [1.29, 1.82) is 0 Å². The number of hydrogen-bond acceptors (Lipinski definition) is 4. The summed E-state index contributed by atoms with van der Waals surface area (Å²) in [7, 11) is 1.59. The number of rotatable bonds is 4. The molecule has 2 N–H and O–H groups in total. The van der Waals surface area contributed by atoms with Gasteiger partial charge < -0.3 is 9.84 Å². The highest BCUT2D eigenvalue weighted by molar-refractivity contribution is 5.41. The number of aliphatic hydroxyl groups excluding tert-OH is 1. The maximum Gasteiger partial charge on any atom is 0.276 e. The number of hydrogen-bond donors (Lipinski definition) is 2. The summed E-state index contributed by atoms with van der Waals surface area (Å²) >= 11 is 0. The first-order valence-corrected chi connectivity index (χ1v) is 5.37. The van der Waals surface area contributed by atoms with Gasteiger partial charge in [0.2, 0.25) is 0 Å². The van der Waals surface area contributed by atoms with Crippen molar-refractivity contribution in [3.8, 4) is 0 Å². The third-order valence-corrected chi connectivity index (χ3v) is 2.63. The van der Waals surface area contributed by atoms with Crippen LogP contribution in [0.2, 0.25) is 0 Å². The lowest BCUT2D eigenvalue weighted by Gasteiger charge is -2.02. The van der Waals surface area contributed by atoms with E-state index >= 15 is 0 Å². The highest BCUT2D eigenvalue weighted by atomic mass is 16.5. The van der Waals surface area contributed by atoms with Crippen LogP contribution < -0.4 is 5.56 Å². The number of aromatic amines is 1. The Morgan fingerprint density at radius 3 is 3.00 bits per heavy atom. The van der Waals surface area contributed by atoms with Crippen LogP contribution in [0, 0.1) is 6.92 Å². The Morgan fingerprint density at radius 2 is 2.35 bits per heavy atom. The molecule has 2 aromatic heterocycles. The smallest absolute Gasteiger partial charge is 0.276 e. The molecule has 2 aromatic rings. The molecule has 0 aliphatic rings. The number of aliphatic hydroxyl groups is 1. The topological polar surface area (TPSA) is 79.6 Å². The largest absolute Gasteiger partial charge is 0.396 e. The molecule has 0 fully saturated rings. The summed E-state index contributed by atoms with van der Waals surface area (Å²) in [6, 6.07) is 1.78. The summed E-state index contributed by atoms with van der Waals surface area (Å²) < 4.78 is 6.37. The van der Waals surface area contributed by atoms with Crippen LogP contribution in [0.5, 0.6) is 0 Å². The van der Waals surface area contributed by atoms with Crippen LogP contribution in [0.25, 0.3) is 5.65 Å². The Hall–Kier alpha value is -1.66. The van der Waals surface area contributed by atoms with Crippen LogP contribution in [-0.4, -0.2) is 33.4 Å². The zero-order chi connectivity index (χ0) is 12.4. The van der Waals surface area contributed by atoms with Crippen molar-refractivity contribution in [2.24, 2.45) is 0 Å². The van der Waals surface area contributed by atoms with E-state index in [1.807, 2.05) is 0 Å². The van der Waals surface area contributed by atoms with Crippen molar-refractivity contribution >= 4 is 5.65 Å². The molecular weight excluding hydrogens is 222 g/mol. The lowest BCUT2D eigenvalue weighted by atomic mass is 10.2. The molecule has 2 rings (SSSR count). The van der Waals surface area contributed by atoms with Crippen molar-refractivity contribution in [2.45, 2.75) is 20.0 Å². The molecule has 0 atom stereocenters. The molecule has 0 aliphatic heterocycles. The third kappa shape index (κ3) is 2.09. The SMILES string of the molecule is COCc1cc2nc(C)c(CCO)c(=O)n2[nH]1. The molecule has 0 spiro atoms. The fourth-order valence-electron chi connectivity index (χ4n) is 1.85. The Kier molecular flexibility index (Phi) is 3.26. The Labute approximate surface area is 97.9 Å². The monoisotopic (exact) mass is 237 g/mol. The molecule has 0 radical (unpaired) electrons. The van der Waals surface area contributed by atoms with Gasteiger partial charge in [0, 0.05) is 37.5 Å². The average Bonchev–Trinajstić information content (AvgIpc) is 2.67. The molecular formula is C11H15N3O3. The maximum absolute atomic E-state index is 12.1. The number of fused-ring (bicyclic) bond motifs is 1. The molecule has 2 heterocycles. The second kappa shape index (κ2) is 4.68. The fraction of sp³-hybridized carbons (Fsp3) is 0.455. The first kappa shape index (κ1) is 11.8. The molecule has 0 amide bonds. The molecule has 17 heavy (non-hydrogen) atoms. The zero-order valence-corrected chi connectivity index (χ0v) is 9.86. The Morgan fingerprint density at radius 1 is 1.59 bits per heavy atom. The fourth-order valence-corrected chi connectivity index (χ4v) is 1.85. The Balaban J connectivity index is 2.61. The summed E-state index contributed by atoms with van der Waals surface area (Å²) in [5, 5.41) is 11.8. The van der Waals surface area contributed by atoms with E-state index in [0.717, 1.165) is 5.69 Å². The summed E-state index contributed by atoms with van der Waals surface area (Å²) in [5.74, 6) is 0. The van der Waals surface area contributed by atoms with Crippen molar-refractivity contribution in [1.82, 2.24) is 14.6 Å². The highest BCUT2D eigenvalue weighted by Crippen LogP contribution is 2.06. The van der Waals surface area contributed by atoms with Crippen LogP contribution in [0.4, 0.5) is 0 Å². The van der Waals surface area contributed by atoms with Crippen LogP contribution >= 0.6 is 0 Å². The van der Waals surface area contributed by atoms with E-state index in [-0.39, 0.29) is 12.2 Å². The predicted molar refractivity (Wildman–Crippen MR) is 62.1 cm³/mol. The third-order valence-electron chi connectivity index (χ3n) is 2.63. The number of nitrogens with zero attached hydrogens (tertiary/aromatic N) is 2.